The normalized spacial score (nSPS) is 19.4. The summed E-state index contributed by atoms with van der Waals surface area (Å²) in [4.78, 5) is 26.9. The number of rotatable bonds is 4. The molecule has 1 aromatic carbocycles. The van der Waals surface area contributed by atoms with E-state index in [1.807, 2.05) is 19.9 Å². The smallest absolute Gasteiger partial charge is 0.253 e. The largest absolute Gasteiger partial charge is 0.352 e. The molecule has 1 aliphatic rings. The number of halogens is 1. The molecule has 2 aromatic rings. The molecule has 0 saturated heterocycles. The van der Waals surface area contributed by atoms with Crippen molar-refractivity contribution in [2.24, 2.45) is 5.92 Å². The molecule has 2 atom stereocenters. The first-order valence-corrected chi connectivity index (χ1v) is 7.69. The average molecular weight is 314 g/mol. The number of nitrogens with one attached hydrogen (secondary N) is 2. The molecule has 4 nitrogen and oxygen atoms in total. The number of benzene rings is 1. The van der Waals surface area contributed by atoms with Crippen molar-refractivity contribution in [3.8, 4) is 0 Å². The summed E-state index contributed by atoms with van der Waals surface area (Å²) in [5.41, 5.74) is 2.63. The van der Waals surface area contributed by atoms with Crippen LogP contribution in [-0.4, -0.2) is 10.9 Å². The molecule has 0 aliphatic heterocycles. The van der Waals surface area contributed by atoms with Gasteiger partial charge in [0.1, 0.15) is 5.82 Å². The summed E-state index contributed by atoms with van der Waals surface area (Å²) in [5.74, 6) is -0.665. The van der Waals surface area contributed by atoms with E-state index in [1.165, 1.54) is 6.07 Å². The van der Waals surface area contributed by atoms with E-state index in [2.05, 4.69) is 10.3 Å². The zero-order valence-corrected chi connectivity index (χ0v) is 13.2. The van der Waals surface area contributed by atoms with Crippen molar-refractivity contribution in [2.45, 2.75) is 32.7 Å². The fourth-order valence-electron chi connectivity index (χ4n) is 3.01. The lowest BCUT2D eigenvalue weighted by atomic mass is 10.1. The molecule has 1 amide bonds. The van der Waals surface area contributed by atoms with Gasteiger partial charge in [0.05, 0.1) is 0 Å². The molecule has 2 N–H and O–H groups in total. The van der Waals surface area contributed by atoms with Crippen molar-refractivity contribution in [1.82, 2.24) is 10.3 Å². The number of H-pyrrole nitrogens is 1. The number of carbonyl (C=O) groups is 1. The number of aromatic nitrogens is 1. The highest BCUT2D eigenvalue weighted by Gasteiger charge is 2.44. The van der Waals surface area contributed by atoms with Gasteiger partial charge in [-0.3, -0.25) is 9.59 Å². The SMILES string of the molecule is Cc1cc(C)c(CNC(=O)[C@@H]2C[C@H]2c2ccccc2F)c(=O)[nH]1. The van der Waals surface area contributed by atoms with E-state index in [0.29, 0.717) is 17.5 Å². The van der Waals surface area contributed by atoms with Crippen LogP contribution < -0.4 is 10.9 Å². The van der Waals surface area contributed by atoms with E-state index < -0.39 is 0 Å². The molecule has 0 bridgehead atoms. The maximum absolute atomic E-state index is 13.7. The third-order valence-electron chi connectivity index (χ3n) is 4.37. The van der Waals surface area contributed by atoms with Gasteiger partial charge in [0, 0.05) is 23.7 Å². The van der Waals surface area contributed by atoms with Crippen molar-refractivity contribution in [1.29, 1.82) is 0 Å². The fraction of sp³-hybridized carbons (Fsp3) is 0.333. The van der Waals surface area contributed by atoms with Gasteiger partial charge in [0.15, 0.2) is 0 Å². The van der Waals surface area contributed by atoms with E-state index in [-0.39, 0.29) is 35.7 Å². The van der Waals surface area contributed by atoms with E-state index in [4.69, 9.17) is 0 Å². The number of aryl methyl sites for hydroxylation is 2. The first-order chi connectivity index (χ1) is 11.0. The summed E-state index contributed by atoms with van der Waals surface area (Å²) in [6.07, 6.45) is 0.649. The third kappa shape index (κ3) is 3.18. The molecule has 120 valence electrons. The topological polar surface area (TPSA) is 62.0 Å². The predicted octanol–water partition coefficient (Wildman–Crippen LogP) is 2.55. The van der Waals surface area contributed by atoms with Crippen molar-refractivity contribution < 1.29 is 9.18 Å². The van der Waals surface area contributed by atoms with Crippen LogP contribution in [0.1, 0.15) is 34.7 Å². The quantitative estimate of drug-likeness (QED) is 0.911. The second-order valence-electron chi connectivity index (χ2n) is 6.13. The Morgan fingerprint density at radius 3 is 2.78 bits per heavy atom. The predicted molar refractivity (Wildman–Crippen MR) is 85.6 cm³/mol. The Kier molecular flexibility index (Phi) is 4.03. The summed E-state index contributed by atoms with van der Waals surface area (Å²) < 4.78 is 13.7. The molecule has 1 saturated carbocycles. The van der Waals surface area contributed by atoms with Gasteiger partial charge in [-0.25, -0.2) is 4.39 Å². The van der Waals surface area contributed by atoms with Crippen LogP contribution in [0.2, 0.25) is 0 Å². The maximum Gasteiger partial charge on any atom is 0.253 e. The summed E-state index contributed by atoms with van der Waals surface area (Å²) >= 11 is 0. The number of hydrogen-bond acceptors (Lipinski definition) is 2. The second kappa shape index (κ2) is 5.99. The molecule has 23 heavy (non-hydrogen) atoms. The Morgan fingerprint density at radius 1 is 1.35 bits per heavy atom. The minimum Gasteiger partial charge on any atom is -0.352 e. The molecule has 1 heterocycles. The Labute approximate surface area is 133 Å². The molecule has 1 aliphatic carbocycles. The van der Waals surface area contributed by atoms with Crippen molar-refractivity contribution >= 4 is 5.91 Å². The number of carbonyl (C=O) groups excluding carboxylic acids is 1. The lowest BCUT2D eigenvalue weighted by Crippen LogP contribution is -2.29. The molecular weight excluding hydrogens is 295 g/mol. The van der Waals surface area contributed by atoms with Gasteiger partial charge >= 0.3 is 0 Å². The summed E-state index contributed by atoms with van der Waals surface area (Å²) in [6, 6.07) is 8.44. The van der Waals surface area contributed by atoms with Gasteiger partial charge in [-0.05, 0) is 49.4 Å². The Balaban J connectivity index is 1.64. The zero-order chi connectivity index (χ0) is 16.6. The highest BCUT2D eigenvalue weighted by atomic mass is 19.1. The molecule has 1 fully saturated rings. The van der Waals surface area contributed by atoms with Gasteiger partial charge in [-0.1, -0.05) is 18.2 Å². The van der Waals surface area contributed by atoms with E-state index in [0.717, 1.165) is 11.3 Å². The highest BCUT2D eigenvalue weighted by molar-refractivity contribution is 5.82. The molecule has 0 spiro atoms. The first-order valence-electron chi connectivity index (χ1n) is 7.69. The molecule has 5 heteroatoms. The van der Waals surface area contributed by atoms with Crippen LogP contribution in [0, 0.1) is 25.6 Å². The van der Waals surface area contributed by atoms with Gasteiger partial charge < -0.3 is 10.3 Å². The fourth-order valence-corrected chi connectivity index (χ4v) is 3.01. The Hall–Kier alpha value is -2.43. The zero-order valence-electron chi connectivity index (χ0n) is 13.2. The van der Waals surface area contributed by atoms with Crippen LogP contribution in [0.15, 0.2) is 35.1 Å². The maximum atomic E-state index is 13.7. The lowest BCUT2D eigenvalue weighted by Gasteiger charge is -2.08. The summed E-state index contributed by atoms with van der Waals surface area (Å²) in [5, 5.41) is 2.80. The van der Waals surface area contributed by atoms with E-state index in [1.54, 1.807) is 18.2 Å². The Bertz CT molecular complexity index is 813. The van der Waals surface area contributed by atoms with Crippen LogP contribution in [0.25, 0.3) is 0 Å². The molecule has 0 unspecified atom stereocenters. The van der Waals surface area contributed by atoms with Gasteiger partial charge in [-0.2, -0.15) is 0 Å². The number of pyridine rings is 1. The van der Waals surface area contributed by atoms with Crippen molar-refractivity contribution in [3.05, 3.63) is 68.9 Å². The van der Waals surface area contributed by atoms with E-state index in [9.17, 15) is 14.0 Å². The molecule has 3 rings (SSSR count). The van der Waals surface area contributed by atoms with E-state index >= 15 is 0 Å². The summed E-state index contributed by atoms with van der Waals surface area (Å²) in [6.45, 7) is 3.86. The summed E-state index contributed by atoms with van der Waals surface area (Å²) in [7, 11) is 0. The van der Waals surface area contributed by atoms with Crippen LogP contribution in [0.4, 0.5) is 4.39 Å². The Morgan fingerprint density at radius 2 is 2.09 bits per heavy atom. The highest BCUT2D eigenvalue weighted by Crippen LogP contribution is 2.48. The standard InChI is InChI=1S/C18H19FN2O2/c1-10-7-11(2)21-18(23)15(10)9-20-17(22)14-8-13(14)12-5-3-4-6-16(12)19/h3-7,13-14H,8-9H2,1-2H3,(H,20,22)(H,21,23)/t13-,14+/m0/s1. The number of amides is 1. The van der Waals surface area contributed by atoms with Gasteiger partial charge in [-0.15, -0.1) is 0 Å². The molecule has 0 radical (unpaired) electrons. The van der Waals surface area contributed by atoms with Crippen LogP contribution in [0.3, 0.4) is 0 Å². The van der Waals surface area contributed by atoms with Gasteiger partial charge in [0.25, 0.3) is 5.56 Å². The van der Waals surface area contributed by atoms with Crippen LogP contribution in [-0.2, 0) is 11.3 Å². The first kappa shape index (κ1) is 15.5. The molecule has 1 aromatic heterocycles. The monoisotopic (exact) mass is 314 g/mol. The molecular formula is C18H19FN2O2. The van der Waals surface area contributed by atoms with Gasteiger partial charge in [0.2, 0.25) is 5.91 Å². The minimum absolute atomic E-state index is 0.0615. The number of aromatic amines is 1. The van der Waals surface area contributed by atoms with Crippen LogP contribution >= 0.6 is 0 Å². The van der Waals surface area contributed by atoms with Crippen molar-refractivity contribution in [3.63, 3.8) is 0 Å². The minimum atomic E-state index is -0.265. The average Bonchev–Trinajstić information content (AvgIpc) is 3.26. The number of hydrogen-bond donors (Lipinski definition) is 2. The van der Waals surface area contributed by atoms with Crippen molar-refractivity contribution in [2.75, 3.05) is 0 Å². The second-order valence-corrected chi connectivity index (χ2v) is 6.13. The van der Waals surface area contributed by atoms with Crippen LogP contribution in [0.5, 0.6) is 0 Å². The third-order valence-corrected chi connectivity index (χ3v) is 4.37. The lowest BCUT2D eigenvalue weighted by molar-refractivity contribution is -0.122.